The maximum Gasteiger partial charge on any atom is 0.407 e. The second-order valence-electron chi connectivity index (χ2n) is 4.32. The van der Waals surface area contributed by atoms with Crippen LogP contribution in [0.5, 0.6) is 0 Å². The average molecular weight is 309 g/mol. The maximum absolute atomic E-state index is 11.8. The number of hydrogen-bond acceptors (Lipinski definition) is 6. The summed E-state index contributed by atoms with van der Waals surface area (Å²) in [5.74, 6) is -1.27. The fourth-order valence-electron chi connectivity index (χ4n) is 1.37. The van der Waals surface area contributed by atoms with Crippen LogP contribution in [0.2, 0.25) is 0 Å². The van der Waals surface area contributed by atoms with Gasteiger partial charge in [-0.1, -0.05) is 20.3 Å². The molecule has 0 heterocycles. The molecule has 0 aromatic carbocycles. The number of unbranched alkanes of at least 4 members (excludes halogenated alkanes) is 1. The van der Waals surface area contributed by atoms with Crippen LogP contribution >= 0.6 is 0 Å². The lowest BCUT2D eigenvalue weighted by atomic mass is 10.3. The highest BCUT2D eigenvalue weighted by Crippen LogP contribution is 2.03. The number of amides is 1. The third kappa shape index (κ3) is 7.98. The first kappa shape index (κ1) is 18.7. The second kappa shape index (κ2) is 9.57. The van der Waals surface area contributed by atoms with Crippen molar-refractivity contribution in [2.24, 2.45) is 0 Å². The van der Waals surface area contributed by atoms with E-state index in [0.29, 0.717) is 12.8 Å². The standard InChI is InChI=1S/C12H23NO6S/c1-4-6-8-20(16,17)9-10(13-12(15)18-3)11(14)19-7-5-2/h10H,4-9H2,1-3H3,(H,13,15)/t10-/m1/s1. The van der Waals surface area contributed by atoms with E-state index < -0.39 is 33.7 Å². The van der Waals surface area contributed by atoms with Gasteiger partial charge in [-0.05, 0) is 12.8 Å². The molecule has 118 valence electrons. The predicted molar refractivity (Wildman–Crippen MR) is 74.1 cm³/mol. The van der Waals surface area contributed by atoms with Crippen molar-refractivity contribution >= 4 is 21.9 Å². The highest BCUT2D eigenvalue weighted by Gasteiger charge is 2.28. The molecule has 8 heteroatoms. The lowest BCUT2D eigenvalue weighted by Gasteiger charge is -2.16. The molecule has 0 aliphatic carbocycles. The Balaban J connectivity index is 4.75. The minimum Gasteiger partial charge on any atom is -0.464 e. The van der Waals surface area contributed by atoms with Gasteiger partial charge in [-0.25, -0.2) is 18.0 Å². The van der Waals surface area contributed by atoms with Crippen LogP contribution in [-0.4, -0.2) is 51.7 Å². The van der Waals surface area contributed by atoms with Crippen molar-refractivity contribution in [2.45, 2.75) is 39.2 Å². The van der Waals surface area contributed by atoms with Gasteiger partial charge in [-0.3, -0.25) is 0 Å². The van der Waals surface area contributed by atoms with Crippen molar-refractivity contribution in [2.75, 3.05) is 25.2 Å². The molecule has 0 saturated heterocycles. The van der Waals surface area contributed by atoms with E-state index in [4.69, 9.17) is 4.74 Å². The van der Waals surface area contributed by atoms with Crippen molar-refractivity contribution in [1.29, 1.82) is 0 Å². The Morgan fingerprint density at radius 1 is 1.20 bits per heavy atom. The normalized spacial score (nSPS) is 12.6. The topological polar surface area (TPSA) is 98.8 Å². The van der Waals surface area contributed by atoms with Crippen LogP contribution in [0.1, 0.15) is 33.1 Å². The number of rotatable bonds is 9. The lowest BCUT2D eigenvalue weighted by molar-refractivity contribution is -0.145. The summed E-state index contributed by atoms with van der Waals surface area (Å²) in [6, 6.07) is -1.24. The van der Waals surface area contributed by atoms with E-state index in [9.17, 15) is 18.0 Å². The van der Waals surface area contributed by atoms with Crippen LogP contribution < -0.4 is 5.32 Å². The smallest absolute Gasteiger partial charge is 0.407 e. The van der Waals surface area contributed by atoms with Crippen molar-refractivity contribution in [3.63, 3.8) is 0 Å². The van der Waals surface area contributed by atoms with Crippen LogP contribution in [0, 0.1) is 0 Å². The molecular weight excluding hydrogens is 286 g/mol. The quantitative estimate of drug-likeness (QED) is 0.635. The highest BCUT2D eigenvalue weighted by atomic mass is 32.2. The Bertz CT molecular complexity index is 406. The van der Waals surface area contributed by atoms with Gasteiger partial charge in [0.15, 0.2) is 9.84 Å². The number of alkyl carbamates (subject to hydrolysis) is 1. The number of carbonyl (C=O) groups is 2. The summed E-state index contributed by atoms with van der Waals surface area (Å²) < 4.78 is 32.9. The Hall–Kier alpha value is -1.31. The summed E-state index contributed by atoms with van der Waals surface area (Å²) in [6.45, 7) is 3.86. The van der Waals surface area contributed by atoms with E-state index in [-0.39, 0.29) is 12.4 Å². The van der Waals surface area contributed by atoms with Crippen LogP contribution in [0.15, 0.2) is 0 Å². The Kier molecular flexibility index (Phi) is 8.94. The number of sulfone groups is 1. The first-order chi connectivity index (χ1) is 9.36. The molecule has 0 saturated carbocycles. The zero-order valence-corrected chi connectivity index (χ0v) is 13.0. The molecule has 20 heavy (non-hydrogen) atoms. The van der Waals surface area contributed by atoms with Crippen molar-refractivity contribution < 1.29 is 27.5 Å². The first-order valence-electron chi connectivity index (χ1n) is 6.57. The molecule has 0 aromatic rings. The number of ether oxygens (including phenoxy) is 2. The van der Waals surface area contributed by atoms with Gasteiger partial charge in [0.05, 0.1) is 25.2 Å². The molecule has 7 nitrogen and oxygen atoms in total. The molecular formula is C12H23NO6S. The van der Waals surface area contributed by atoms with Gasteiger partial charge < -0.3 is 14.8 Å². The molecule has 0 fully saturated rings. The minimum absolute atomic E-state index is 0.0239. The third-order valence-electron chi connectivity index (χ3n) is 2.44. The fraction of sp³-hybridized carbons (Fsp3) is 0.833. The van der Waals surface area contributed by atoms with E-state index in [1.807, 2.05) is 13.8 Å². The van der Waals surface area contributed by atoms with Gasteiger partial charge in [-0.15, -0.1) is 0 Å². The van der Waals surface area contributed by atoms with E-state index in [2.05, 4.69) is 10.1 Å². The fourth-order valence-corrected chi connectivity index (χ4v) is 3.00. The van der Waals surface area contributed by atoms with Gasteiger partial charge >= 0.3 is 12.1 Å². The van der Waals surface area contributed by atoms with Gasteiger partial charge in [0.2, 0.25) is 0 Å². The first-order valence-corrected chi connectivity index (χ1v) is 8.40. The van der Waals surface area contributed by atoms with E-state index in [1.165, 1.54) is 0 Å². The molecule has 0 spiro atoms. The van der Waals surface area contributed by atoms with Crippen LogP contribution in [0.3, 0.4) is 0 Å². The summed E-state index contributed by atoms with van der Waals surface area (Å²) in [4.78, 5) is 22.9. The van der Waals surface area contributed by atoms with Gasteiger partial charge in [0, 0.05) is 0 Å². The van der Waals surface area contributed by atoms with Gasteiger partial charge in [-0.2, -0.15) is 0 Å². The third-order valence-corrected chi connectivity index (χ3v) is 4.19. The Labute approximate surface area is 119 Å². The Morgan fingerprint density at radius 2 is 1.85 bits per heavy atom. The number of nitrogens with one attached hydrogen (secondary N) is 1. The van der Waals surface area contributed by atoms with Crippen molar-refractivity contribution in [3.05, 3.63) is 0 Å². The van der Waals surface area contributed by atoms with Gasteiger partial charge in [0.1, 0.15) is 6.04 Å². The highest BCUT2D eigenvalue weighted by molar-refractivity contribution is 7.91. The molecule has 0 unspecified atom stereocenters. The van der Waals surface area contributed by atoms with Crippen molar-refractivity contribution in [1.82, 2.24) is 5.32 Å². The number of methoxy groups -OCH3 is 1. The molecule has 0 radical (unpaired) electrons. The summed E-state index contributed by atoms with van der Waals surface area (Å²) >= 11 is 0. The largest absolute Gasteiger partial charge is 0.464 e. The molecule has 0 aromatic heterocycles. The van der Waals surface area contributed by atoms with Crippen LogP contribution in [-0.2, 0) is 24.1 Å². The number of hydrogen-bond donors (Lipinski definition) is 1. The van der Waals surface area contributed by atoms with Crippen LogP contribution in [0.4, 0.5) is 4.79 Å². The summed E-state index contributed by atoms with van der Waals surface area (Å²) in [5, 5.41) is 2.19. The zero-order valence-electron chi connectivity index (χ0n) is 12.2. The van der Waals surface area contributed by atoms with Crippen molar-refractivity contribution in [3.8, 4) is 0 Å². The molecule has 0 bridgehead atoms. The summed E-state index contributed by atoms with van der Waals surface area (Å²) in [5.41, 5.74) is 0. The predicted octanol–water partition coefficient (Wildman–Crippen LogP) is 0.879. The van der Waals surface area contributed by atoms with E-state index >= 15 is 0 Å². The molecule has 0 aliphatic heterocycles. The molecule has 0 rings (SSSR count). The summed E-state index contributed by atoms with van der Waals surface area (Å²) in [7, 11) is -2.30. The van der Waals surface area contributed by atoms with E-state index in [0.717, 1.165) is 13.5 Å². The second-order valence-corrected chi connectivity index (χ2v) is 6.55. The molecule has 1 atom stereocenters. The minimum atomic E-state index is -3.44. The lowest BCUT2D eigenvalue weighted by Crippen LogP contribution is -2.46. The SMILES string of the molecule is CCCCS(=O)(=O)C[C@@H](NC(=O)OC)C(=O)OCCC. The Morgan fingerprint density at radius 3 is 2.35 bits per heavy atom. The monoisotopic (exact) mass is 309 g/mol. The van der Waals surface area contributed by atoms with Gasteiger partial charge in [0.25, 0.3) is 0 Å². The zero-order chi connectivity index (χ0) is 15.6. The molecule has 1 N–H and O–H groups in total. The average Bonchev–Trinajstić information content (AvgIpc) is 2.41. The number of carbonyl (C=O) groups excluding carboxylic acids is 2. The van der Waals surface area contributed by atoms with E-state index in [1.54, 1.807) is 0 Å². The maximum atomic E-state index is 11.8. The van der Waals surface area contributed by atoms with Crippen LogP contribution in [0.25, 0.3) is 0 Å². The molecule has 0 aliphatic rings. The summed E-state index contributed by atoms with van der Waals surface area (Å²) in [6.07, 6.45) is 0.986. The molecule has 1 amide bonds. The number of esters is 1.